The average Bonchev–Trinajstić information content (AvgIpc) is 2.39. The summed E-state index contributed by atoms with van der Waals surface area (Å²) in [6.45, 7) is 6.34. The zero-order chi connectivity index (χ0) is 13.5. The fraction of sp³-hybridized carbons (Fsp3) is 0.444. The molecule has 2 aliphatic rings. The molecular weight excluding hydrogens is 232 g/mol. The Labute approximate surface area is 115 Å². The van der Waals surface area contributed by atoms with Gasteiger partial charge in [-0.2, -0.15) is 0 Å². The second-order valence-electron chi connectivity index (χ2n) is 6.13. The Hall–Kier alpha value is -1.34. The van der Waals surface area contributed by atoms with Gasteiger partial charge in [0.15, 0.2) is 0 Å². The van der Waals surface area contributed by atoms with Crippen molar-refractivity contribution in [3.05, 3.63) is 59.7 Å². The van der Waals surface area contributed by atoms with E-state index in [1.54, 1.807) is 0 Å². The first-order chi connectivity index (χ1) is 9.11. The maximum absolute atomic E-state index is 11.3. The van der Waals surface area contributed by atoms with E-state index in [0.29, 0.717) is 0 Å². The summed E-state index contributed by atoms with van der Waals surface area (Å²) >= 11 is 0. The van der Waals surface area contributed by atoms with E-state index in [2.05, 4.69) is 43.8 Å². The highest BCUT2D eigenvalue weighted by Crippen LogP contribution is 2.51. The van der Waals surface area contributed by atoms with Crippen LogP contribution in [0.15, 0.2) is 54.1 Å². The van der Waals surface area contributed by atoms with Gasteiger partial charge in [-0.05, 0) is 38.2 Å². The Kier molecular flexibility index (Phi) is 3.10. The fourth-order valence-corrected chi connectivity index (χ4v) is 3.90. The van der Waals surface area contributed by atoms with Crippen molar-refractivity contribution in [2.45, 2.75) is 44.1 Å². The molecule has 19 heavy (non-hydrogen) atoms. The fourth-order valence-electron chi connectivity index (χ4n) is 3.90. The number of hydrogen-bond acceptors (Lipinski definition) is 1. The standard InChI is InChI=1S/C18H22O/c1-13-8-10-16-14(2)9-11-17(18(16,19)12-13)15-6-4-3-5-7-15/h3-7,12,16-17,19H,2,8-11H2,1H3/t16-,17+,18-/m0/s1. The minimum atomic E-state index is -0.723. The lowest BCUT2D eigenvalue weighted by Gasteiger charge is -2.48. The van der Waals surface area contributed by atoms with Gasteiger partial charge in [-0.25, -0.2) is 0 Å². The zero-order valence-corrected chi connectivity index (χ0v) is 11.6. The molecule has 0 bridgehead atoms. The van der Waals surface area contributed by atoms with E-state index in [0.717, 1.165) is 25.7 Å². The van der Waals surface area contributed by atoms with Crippen molar-refractivity contribution in [3.63, 3.8) is 0 Å². The average molecular weight is 254 g/mol. The summed E-state index contributed by atoms with van der Waals surface area (Å²) in [5, 5.41) is 11.3. The largest absolute Gasteiger partial charge is 0.385 e. The molecule has 0 heterocycles. The van der Waals surface area contributed by atoms with Crippen LogP contribution >= 0.6 is 0 Å². The summed E-state index contributed by atoms with van der Waals surface area (Å²) in [5.74, 6) is 0.439. The van der Waals surface area contributed by atoms with E-state index in [-0.39, 0.29) is 11.8 Å². The molecule has 2 aliphatic carbocycles. The minimum Gasteiger partial charge on any atom is -0.385 e. The predicted molar refractivity (Wildman–Crippen MR) is 79.0 cm³/mol. The van der Waals surface area contributed by atoms with Gasteiger partial charge in [0, 0.05) is 11.8 Å². The van der Waals surface area contributed by atoms with Crippen LogP contribution in [0, 0.1) is 5.92 Å². The van der Waals surface area contributed by atoms with Gasteiger partial charge in [-0.3, -0.25) is 0 Å². The van der Waals surface area contributed by atoms with Crippen LogP contribution in [0.5, 0.6) is 0 Å². The summed E-state index contributed by atoms with van der Waals surface area (Å²) in [7, 11) is 0. The number of allylic oxidation sites excluding steroid dienone is 1. The summed E-state index contributed by atoms with van der Waals surface area (Å²) in [6, 6.07) is 10.5. The van der Waals surface area contributed by atoms with Crippen LogP contribution in [0.2, 0.25) is 0 Å². The molecule has 1 N–H and O–H groups in total. The third-order valence-electron chi connectivity index (χ3n) is 4.87. The first kappa shape index (κ1) is 12.7. The Bertz CT molecular complexity index is 514. The van der Waals surface area contributed by atoms with Crippen molar-refractivity contribution in [1.29, 1.82) is 0 Å². The van der Waals surface area contributed by atoms with E-state index in [1.165, 1.54) is 16.7 Å². The summed E-state index contributed by atoms with van der Waals surface area (Å²) in [5.41, 5.74) is 3.08. The highest BCUT2D eigenvalue weighted by molar-refractivity contribution is 5.35. The van der Waals surface area contributed by atoms with Gasteiger partial charge in [0.25, 0.3) is 0 Å². The molecule has 1 aromatic carbocycles. The first-order valence-corrected chi connectivity index (χ1v) is 7.24. The second-order valence-corrected chi connectivity index (χ2v) is 6.13. The monoisotopic (exact) mass is 254 g/mol. The van der Waals surface area contributed by atoms with E-state index in [9.17, 15) is 5.11 Å². The molecule has 3 atom stereocenters. The zero-order valence-electron chi connectivity index (χ0n) is 11.6. The predicted octanol–water partition coefficient (Wildman–Crippen LogP) is 4.21. The van der Waals surface area contributed by atoms with E-state index in [4.69, 9.17) is 0 Å². The molecule has 100 valence electrons. The van der Waals surface area contributed by atoms with Crippen molar-refractivity contribution in [2.75, 3.05) is 0 Å². The molecule has 0 aromatic heterocycles. The molecule has 0 amide bonds. The van der Waals surface area contributed by atoms with Crippen LogP contribution in [-0.2, 0) is 0 Å². The Morgan fingerprint density at radius 2 is 1.79 bits per heavy atom. The van der Waals surface area contributed by atoms with Crippen LogP contribution in [0.25, 0.3) is 0 Å². The molecule has 1 nitrogen and oxygen atoms in total. The molecule has 1 aromatic rings. The van der Waals surface area contributed by atoms with Crippen molar-refractivity contribution < 1.29 is 5.11 Å². The van der Waals surface area contributed by atoms with Crippen LogP contribution < -0.4 is 0 Å². The molecule has 3 rings (SSSR count). The molecule has 1 heteroatoms. The minimum absolute atomic E-state index is 0.208. The number of fused-ring (bicyclic) bond motifs is 1. The molecule has 0 saturated heterocycles. The SMILES string of the molecule is C=C1CC[C@H](c2ccccc2)[C@]2(O)C=C(C)CC[C@@H]12. The second kappa shape index (κ2) is 4.64. The molecular formula is C18H22O. The lowest BCUT2D eigenvalue weighted by atomic mass is 9.60. The van der Waals surface area contributed by atoms with E-state index < -0.39 is 5.60 Å². The Morgan fingerprint density at radius 1 is 1.11 bits per heavy atom. The molecule has 1 fully saturated rings. The van der Waals surface area contributed by atoms with Crippen LogP contribution in [0.4, 0.5) is 0 Å². The van der Waals surface area contributed by atoms with Gasteiger partial charge in [-0.15, -0.1) is 0 Å². The van der Waals surface area contributed by atoms with Crippen molar-refractivity contribution in [3.8, 4) is 0 Å². The molecule has 0 aliphatic heterocycles. The highest BCUT2D eigenvalue weighted by atomic mass is 16.3. The first-order valence-electron chi connectivity index (χ1n) is 7.24. The summed E-state index contributed by atoms with van der Waals surface area (Å²) < 4.78 is 0. The topological polar surface area (TPSA) is 20.2 Å². The van der Waals surface area contributed by atoms with Gasteiger partial charge in [-0.1, -0.05) is 54.1 Å². The number of rotatable bonds is 1. The number of aliphatic hydroxyl groups is 1. The van der Waals surface area contributed by atoms with Gasteiger partial charge >= 0.3 is 0 Å². The van der Waals surface area contributed by atoms with Gasteiger partial charge < -0.3 is 5.11 Å². The van der Waals surface area contributed by atoms with Gasteiger partial charge in [0.2, 0.25) is 0 Å². The maximum Gasteiger partial charge on any atom is 0.0963 e. The number of benzene rings is 1. The smallest absolute Gasteiger partial charge is 0.0963 e. The van der Waals surface area contributed by atoms with Crippen molar-refractivity contribution >= 4 is 0 Å². The quantitative estimate of drug-likeness (QED) is 0.744. The lowest BCUT2D eigenvalue weighted by Crippen LogP contribution is -2.47. The Balaban J connectivity index is 2.05. The normalized spacial score (nSPS) is 34.6. The van der Waals surface area contributed by atoms with E-state index >= 15 is 0 Å². The van der Waals surface area contributed by atoms with E-state index in [1.807, 2.05) is 6.07 Å². The van der Waals surface area contributed by atoms with Crippen molar-refractivity contribution in [2.24, 2.45) is 5.92 Å². The number of hydrogen-bond donors (Lipinski definition) is 1. The van der Waals surface area contributed by atoms with Crippen LogP contribution in [-0.4, -0.2) is 10.7 Å². The van der Waals surface area contributed by atoms with Gasteiger partial charge in [0.1, 0.15) is 0 Å². The molecule has 0 unspecified atom stereocenters. The van der Waals surface area contributed by atoms with Crippen LogP contribution in [0.3, 0.4) is 0 Å². The molecule has 1 saturated carbocycles. The summed E-state index contributed by atoms with van der Waals surface area (Å²) in [4.78, 5) is 0. The third-order valence-corrected chi connectivity index (χ3v) is 4.87. The molecule has 0 spiro atoms. The van der Waals surface area contributed by atoms with Crippen molar-refractivity contribution in [1.82, 2.24) is 0 Å². The highest BCUT2D eigenvalue weighted by Gasteiger charge is 2.48. The summed E-state index contributed by atoms with van der Waals surface area (Å²) in [6.07, 6.45) is 6.29. The van der Waals surface area contributed by atoms with Crippen LogP contribution in [0.1, 0.15) is 44.1 Å². The maximum atomic E-state index is 11.3. The molecule has 0 radical (unpaired) electrons. The third kappa shape index (κ3) is 2.06. The lowest BCUT2D eigenvalue weighted by molar-refractivity contribution is -0.0101. The Morgan fingerprint density at radius 3 is 2.53 bits per heavy atom. The van der Waals surface area contributed by atoms with Gasteiger partial charge in [0.05, 0.1) is 5.60 Å².